The van der Waals surface area contributed by atoms with Crippen molar-refractivity contribution in [2.45, 2.75) is 45.4 Å². The minimum atomic E-state index is -1.59. The van der Waals surface area contributed by atoms with Gasteiger partial charge in [0, 0.05) is 6.42 Å². The van der Waals surface area contributed by atoms with Crippen LogP contribution in [-0.2, 0) is 27.2 Å². The highest BCUT2D eigenvalue weighted by atomic mass is 16.6. The molecule has 1 aliphatic rings. The highest BCUT2D eigenvalue weighted by molar-refractivity contribution is 6.58. The second-order valence-corrected chi connectivity index (χ2v) is 6.75. The number of fused-ring (bicyclic) bond motifs is 1. The first-order valence-electron chi connectivity index (χ1n) is 7.67. The van der Waals surface area contributed by atoms with Crippen LogP contribution in [0.25, 0.3) is 0 Å². The Balaban J connectivity index is 2.34. The van der Waals surface area contributed by atoms with Crippen molar-refractivity contribution in [2.75, 3.05) is 7.11 Å². The Morgan fingerprint density at radius 2 is 1.92 bits per heavy atom. The molecule has 0 saturated carbocycles. The second-order valence-electron chi connectivity index (χ2n) is 6.75. The third-order valence-corrected chi connectivity index (χ3v) is 3.76. The maximum Gasteiger partial charge on any atom is 0.488 e. The molecule has 2 N–H and O–H groups in total. The predicted molar refractivity (Wildman–Crippen MR) is 87.6 cm³/mol. The lowest BCUT2D eigenvalue weighted by Gasteiger charge is -2.36. The molecule has 0 spiro atoms. The van der Waals surface area contributed by atoms with E-state index in [9.17, 15) is 19.6 Å². The molecule has 1 aliphatic heterocycles. The molecule has 1 amide bonds. The van der Waals surface area contributed by atoms with E-state index >= 15 is 0 Å². The monoisotopic (exact) mass is 335 g/mol. The lowest BCUT2D eigenvalue weighted by atomic mass is 9.77. The van der Waals surface area contributed by atoms with Crippen LogP contribution in [0.2, 0.25) is 0 Å². The molecule has 1 heterocycles. The summed E-state index contributed by atoms with van der Waals surface area (Å²) in [7, 11) is -0.324. The van der Waals surface area contributed by atoms with Gasteiger partial charge in [0.15, 0.2) is 0 Å². The van der Waals surface area contributed by atoms with Gasteiger partial charge in [-0.3, -0.25) is 4.90 Å². The maximum atomic E-state index is 12.4. The molecule has 1 unspecified atom stereocenters. The van der Waals surface area contributed by atoms with Crippen molar-refractivity contribution in [3.63, 3.8) is 0 Å². The molecule has 1 aromatic carbocycles. The summed E-state index contributed by atoms with van der Waals surface area (Å²) in [5.74, 6) is -0.540. The van der Waals surface area contributed by atoms with Gasteiger partial charge < -0.3 is 19.5 Å². The molecule has 24 heavy (non-hydrogen) atoms. The lowest BCUT2D eigenvalue weighted by Crippen LogP contribution is -2.51. The molecule has 7 nitrogen and oxygen atoms in total. The van der Waals surface area contributed by atoms with Gasteiger partial charge >= 0.3 is 19.2 Å². The number of nitrogens with zero attached hydrogens (tertiary/aromatic N) is 1. The van der Waals surface area contributed by atoms with Crippen molar-refractivity contribution < 1.29 is 29.1 Å². The summed E-state index contributed by atoms with van der Waals surface area (Å²) in [6.45, 7) is 5.45. The van der Waals surface area contributed by atoms with Gasteiger partial charge in [-0.15, -0.1) is 0 Å². The first kappa shape index (κ1) is 18.3. The fourth-order valence-corrected chi connectivity index (χ4v) is 2.62. The number of rotatable bonds is 2. The summed E-state index contributed by atoms with van der Waals surface area (Å²) >= 11 is 0. The molecule has 2 rings (SSSR count). The number of benzene rings is 1. The van der Waals surface area contributed by atoms with E-state index in [0.29, 0.717) is 5.46 Å². The Labute approximate surface area is 141 Å². The smallest absolute Gasteiger partial charge is 0.467 e. The number of methoxy groups -OCH3 is 1. The van der Waals surface area contributed by atoms with Gasteiger partial charge in [-0.1, -0.05) is 18.2 Å². The molecule has 0 aliphatic carbocycles. The number of esters is 1. The lowest BCUT2D eigenvalue weighted by molar-refractivity contribution is -0.147. The minimum Gasteiger partial charge on any atom is -0.467 e. The first-order chi connectivity index (χ1) is 11.1. The van der Waals surface area contributed by atoms with Gasteiger partial charge in [-0.25, -0.2) is 9.59 Å². The van der Waals surface area contributed by atoms with Crippen LogP contribution in [-0.4, -0.2) is 52.9 Å². The minimum absolute atomic E-state index is 0.186. The van der Waals surface area contributed by atoms with E-state index in [0.717, 1.165) is 11.1 Å². The zero-order valence-electron chi connectivity index (χ0n) is 14.3. The van der Waals surface area contributed by atoms with Crippen molar-refractivity contribution >= 4 is 24.6 Å². The van der Waals surface area contributed by atoms with Crippen LogP contribution in [0.1, 0.15) is 31.9 Å². The number of carbonyl (C=O) groups is 2. The standard InChI is InChI=1S/C16H22BNO6/c1-16(2,3)24-15(20)18-9-10-5-6-12(17(21)22)7-11(10)8-13(18)14(19)23-4/h5-7,13,21-22H,8-9H2,1-4H3. The third kappa shape index (κ3) is 4.07. The molecule has 0 aromatic heterocycles. The normalized spacial score (nSPS) is 17.1. The Morgan fingerprint density at radius 3 is 2.46 bits per heavy atom. The maximum absolute atomic E-state index is 12.4. The number of amides is 1. The predicted octanol–water partition coefficient (Wildman–Crippen LogP) is 0.201. The summed E-state index contributed by atoms with van der Waals surface area (Å²) in [5.41, 5.74) is 1.26. The van der Waals surface area contributed by atoms with Crippen molar-refractivity contribution in [3.05, 3.63) is 29.3 Å². The molecular weight excluding hydrogens is 313 g/mol. The zero-order valence-corrected chi connectivity index (χ0v) is 14.3. The van der Waals surface area contributed by atoms with Crippen LogP contribution in [0.15, 0.2) is 18.2 Å². The quantitative estimate of drug-likeness (QED) is 0.592. The van der Waals surface area contributed by atoms with Crippen LogP contribution < -0.4 is 5.46 Å². The van der Waals surface area contributed by atoms with E-state index in [1.54, 1.807) is 39.0 Å². The summed E-state index contributed by atoms with van der Waals surface area (Å²) in [4.78, 5) is 25.9. The number of hydrogen-bond donors (Lipinski definition) is 2. The summed E-state index contributed by atoms with van der Waals surface area (Å²) < 4.78 is 10.2. The Hall–Kier alpha value is -2.06. The van der Waals surface area contributed by atoms with E-state index in [1.807, 2.05) is 0 Å². The van der Waals surface area contributed by atoms with Gasteiger partial charge in [-0.05, 0) is 37.4 Å². The Bertz CT molecular complexity index is 640. The van der Waals surface area contributed by atoms with Crippen molar-refractivity contribution in [1.29, 1.82) is 0 Å². The van der Waals surface area contributed by atoms with Crippen molar-refractivity contribution in [3.8, 4) is 0 Å². The van der Waals surface area contributed by atoms with Crippen LogP contribution in [0.3, 0.4) is 0 Å². The molecular formula is C16H22BNO6. The van der Waals surface area contributed by atoms with Gasteiger partial charge in [0.05, 0.1) is 13.7 Å². The number of hydrogen-bond acceptors (Lipinski definition) is 6. The van der Waals surface area contributed by atoms with Gasteiger partial charge in [0.25, 0.3) is 0 Å². The SMILES string of the molecule is COC(=O)C1Cc2cc(B(O)O)ccc2CN1C(=O)OC(C)(C)C. The van der Waals surface area contributed by atoms with Gasteiger partial charge in [-0.2, -0.15) is 0 Å². The Morgan fingerprint density at radius 1 is 1.25 bits per heavy atom. The highest BCUT2D eigenvalue weighted by Crippen LogP contribution is 2.25. The largest absolute Gasteiger partial charge is 0.488 e. The third-order valence-electron chi connectivity index (χ3n) is 3.76. The number of carbonyl (C=O) groups excluding carboxylic acids is 2. The van der Waals surface area contributed by atoms with E-state index in [4.69, 9.17) is 9.47 Å². The topological polar surface area (TPSA) is 96.3 Å². The average molecular weight is 335 g/mol. The van der Waals surface area contributed by atoms with E-state index in [2.05, 4.69) is 0 Å². The molecule has 1 aromatic rings. The van der Waals surface area contributed by atoms with E-state index < -0.39 is 30.8 Å². The summed E-state index contributed by atoms with van der Waals surface area (Å²) in [5, 5.41) is 18.6. The second kappa shape index (κ2) is 6.82. The van der Waals surface area contributed by atoms with Crippen LogP contribution in [0.4, 0.5) is 4.79 Å². The van der Waals surface area contributed by atoms with E-state index in [1.165, 1.54) is 12.0 Å². The fourth-order valence-electron chi connectivity index (χ4n) is 2.62. The highest BCUT2D eigenvalue weighted by Gasteiger charge is 2.38. The molecule has 0 fully saturated rings. The van der Waals surface area contributed by atoms with Crippen molar-refractivity contribution in [2.24, 2.45) is 0 Å². The van der Waals surface area contributed by atoms with E-state index in [-0.39, 0.29) is 13.0 Å². The van der Waals surface area contributed by atoms with Gasteiger partial charge in [0.1, 0.15) is 11.6 Å². The molecule has 0 radical (unpaired) electrons. The molecule has 0 saturated heterocycles. The fraction of sp³-hybridized carbons (Fsp3) is 0.500. The van der Waals surface area contributed by atoms with Gasteiger partial charge in [0.2, 0.25) is 0 Å². The van der Waals surface area contributed by atoms with Crippen molar-refractivity contribution in [1.82, 2.24) is 4.90 Å². The number of ether oxygens (including phenoxy) is 2. The van der Waals surface area contributed by atoms with Crippen LogP contribution in [0, 0.1) is 0 Å². The van der Waals surface area contributed by atoms with Crippen LogP contribution >= 0.6 is 0 Å². The molecule has 130 valence electrons. The molecule has 8 heteroatoms. The van der Waals surface area contributed by atoms with Crippen LogP contribution in [0.5, 0.6) is 0 Å². The Kier molecular flexibility index (Phi) is 5.20. The summed E-state index contributed by atoms with van der Waals surface area (Å²) in [6, 6.07) is 4.11. The average Bonchev–Trinajstić information content (AvgIpc) is 2.50. The molecule has 0 bridgehead atoms. The first-order valence-corrected chi connectivity index (χ1v) is 7.67. The zero-order chi connectivity index (χ0) is 18.1. The molecule has 1 atom stereocenters. The summed E-state index contributed by atoms with van der Waals surface area (Å²) in [6.07, 6.45) is -0.364.